The van der Waals surface area contributed by atoms with Crippen LogP contribution >= 0.6 is 11.3 Å². The molecule has 0 aromatic carbocycles. The minimum absolute atomic E-state index is 0.0281. The van der Waals surface area contributed by atoms with E-state index in [0.717, 1.165) is 13.0 Å². The molecule has 18 heavy (non-hydrogen) atoms. The number of carbonyl (C=O) groups is 1. The van der Waals surface area contributed by atoms with Gasteiger partial charge < -0.3 is 10.6 Å². The molecule has 0 bridgehead atoms. The van der Waals surface area contributed by atoms with Gasteiger partial charge in [-0.3, -0.25) is 0 Å². The largest absolute Gasteiger partial charge is 0.338 e. The van der Waals surface area contributed by atoms with E-state index in [1.165, 1.54) is 30.6 Å². The normalized spacial score (nSPS) is 17.6. The summed E-state index contributed by atoms with van der Waals surface area (Å²) in [5.74, 6) is 0. The highest BCUT2D eigenvalue weighted by Crippen LogP contribution is 2.36. The molecule has 0 saturated heterocycles. The SMILES string of the molecule is CC1(CNC(=O)NCCc2cccs2)CCCC1. The summed E-state index contributed by atoms with van der Waals surface area (Å²) >= 11 is 1.74. The molecule has 100 valence electrons. The lowest BCUT2D eigenvalue weighted by atomic mass is 9.89. The first-order chi connectivity index (χ1) is 8.68. The van der Waals surface area contributed by atoms with Crippen LogP contribution in [-0.2, 0) is 6.42 Å². The molecular formula is C14H22N2OS. The topological polar surface area (TPSA) is 41.1 Å². The number of hydrogen-bond donors (Lipinski definition) is 2. The molecule has 1 aliphatic rings. The Morgan fingerprint density at radius 2 is 2.17 bits per heavy atom. The summed E-state index contributed by atoms with van der Waals surface area (Å²) in [6.07, 6.45) is 6.00. The number of rotatable bonds is 5. The molecule has 0 aliphatic heterocycles. The third-order valence-corrected chi connectivity index (χ3v) is 4.66. The second-order valence-corrected chi connectivity index (χ2v) is 6.49. The highest BCUT2D eigenvalue weighted by atomic mass is 32.1. The zero-order chi connectivity index (χ0) is 12.8. The molecule has 2 amide bonds. The maximum atomic E-state index is 11.7. The van der Waals surface area contributed by atoms with Gasteiger partial charge in [-0.25, -0.2) is 4.79 Å². The van der Waals surface area contributed by atoms with Crippen molar-refractivity contribution >= 4 is 17.4 Å². The van der Waals surface area contributed by atoms with Crippen LogP contribution in [0.15, 0.2) is 17.5 Å². The van der Waals surface area contributed by atoms with E-state index < -0.39 is 0 Å². The van der Waals surface area contributed by atoms with E-state index in [0.29, 0.717) is 12.0 Å². The molecule has 1 heterocycles. The van der Waals surface area contributed by atoms with Gasteiger partial charge in [-0.05, 0) is 36.1 Å². The second kappa shape index (κ2) is 6.23. The van der Waals surface area contributed by atoms with Gasteiger partial charge in [0.25, 0.3) is 0 Å². The van der Waals surface area contributed by atoms with E-state index in [1.807, 2.05) is 6.07 Å². The number of thiophene rings is 1. The van der Waals surface area contributed by atoms with Gasteiger partial charge in [0, 0.05) is 18.0 Å². The van der Waals surface area contributed by atoms with E-state index in [-0.39, 0.29) is 6.03 Å². The van der Waals surface area contributed by atoms with Crippen LogP contribution in [0.2, 0.25) is 0 Å². The first kappa shape index (κ1) is 13.4. The third-order valence-electron chi connectivity index (χ3n) is 3.72. The Morgan fingerprint density at radius 3 is 2.83 bits per heavy atom. The first-order valence-electron chi connectivity index (χ1n) is 6.72. The fourth-order valence-corrected chi connectivity index (χ4v) is 3.22. The van der Waals surface area contributed by atoms with Crippen molar-refractivity contribution in [1.82, 2.24) is 10.6 Å². The van der Waals surface area contributed by atoms with E-state index >= 15 is 0 Å². The molecule has 0 spiro atoms. The smallest absolute Gasteiger partial charge is 0.314 e. The van der Waals surface area contributed by atoms with Gasteiger partial charge in [0.1, 0.15) is 0 Å². The number of urea groups is 1. The predicted molar refractivity (Wildman–Crippen MR) is 76.0 cm³/mol. The minimum atomic E-state index is -0.0281. The Bertz CT molecular complexity index is 369. The molecule has 1 aromatic rings. The molecule has 0 radical (unpaired) electrons. The fourth-order valence-electron chi connectivity index (χ4n) is 2.52. The van der Waals surface area contributed by atoms with Crippen molar-refractivity contribution in [2.24, 2.45) is 5.41 Å². The highest BCUT2D eigenvalue weighted by molar-refractivity contribution is 7.09. The summed E-state index contributed by atoms with van der Waals surface area (Å²) in [6, 6.07) is 4.12. The summed E-state index contributed by atoms with van der Waals surface area (Å²) in [6.45, 7) is 3.78. The average molecular weight is 266 g/mol. The molecule has 2 N–H and O–H groups in total. The van der Waals surface area contributed by atoms with Gasteiger partial charge in [0.05, 0.1) is 0 Å². The van der Waals surface area contributed by atoms with Gasteiger partial charge in [-0.2, -0.15) is 0 Å². The average Bonchev–Trinajstić information content (AvgIpc) is 2.99. The zero-order valence-corrected chi connectivity index (χ0v) is 11.8. The van der Waals surface area contributed by atoms with E-state index in [2.05, 4.69) is 29.0 Å². The Morgan fingerprint density at radius 1 is 1.39 bits per heavy atom. The summed E-state index contributed by atoms with van der Waals surface area (Å²) in [5, 5.41) is 7.98. The summed E-state index contributed by atoms with van der Waals surface area (Å²) in [5.41, 5.74) is 0.324. The lowest BCUT2D eigenvalue weighted by Gasteiger charge is -2.23. The van der Waals surface area contributed by atoms with Crippen LogP contribution in [0.4, 0.5) is 4.79 Å². The molecule has 1 aromatic heterocycles. The predicted octanol–water partition coefficient (Wildman–Crippen LogP) is 3.17. The van der Waals surface area contributed by atoms with Crippen LogP contribution in [0.25, 0.3) is 0 Å². The Labute approximate surface area is 113 Å². The van der Waals surface area contributed by atoms with Gasteiger partial charge in [-0.1, -0.05) is 25.8 Å². The minimum Gasteiger partial charge on any atom is -0.338 e. The van der Waals surface area contributed by atoms with Crippen LogP contribution < -0.4 is 10.6 Å². The second-order valence-electron chi connectivity index (χ2n) is 5.46. The molecule has 3 nitrogen and oxygen atoms in total. The summed E-state index contributed by atoms with van der Waals surface area (Å²) in [4.78, 5) is 13.0. The molecule has 1 fully saturated rings. The van der Waals surface area contributed by atoms with Gasteiger partial charge in [-0.15, -0.1) is 11.3 Å². The number of carbonyl (C=O) groups excluding carboxylic acids is 1. The molecule has 1 saturated carbocycles. The molecule has 2 rings (SSSR count). The van der Waals surface area contributed by atoms with Crippen LogP contribution in [0.3, 0.4) is 0 Å². The number of amides is 2. The van der Waals surface area contributed by atoms with Crippen molar-refractivity contribution < 1.29 is 4.79 Å². The molecule has 4 heteroatoms. The number of hydrogen-bond acceptors (Lipinski definition) is 2. The number of nitrogens with one attached hydrogen (secondary N) is 2. The van der Waals surface area contributed by atoms with Crippen LogP contribution in [-0.4, -0.2) is 19.1 Å². The molecule has 0 atom stereocenters. The summed E-state index contributed by atoms with van der Waals surface area (Å²) < 4.78 is 0. The van der Waals surface area contributed by atoms with Gasteiger partial charge in [0.15, 0.2) is 0 Å². The van der Waals surface area contributed by atoms with Crippen molar-refractivity contribution in [3.8, 4) is 0 Å². The van der Waals surface area contributed by atoms with Gasteiger partial charge in [0.2, 0.25) is 0 Å². The Balaban J connectivity index is 1.60. The van der Waals surface area contributed by atoms with Crippen molar-refractivity contribution in [3.63, 3.8) is 0 Å². The zero-order valence-electron chi connectivity index (χ0n) is 11.0. The van der Waals surface area contributed by atoms with Crippen LogP contribution in [0, 0.1) is 5.41 Å². The Hall–Kier alpha value is -1.03. The van der Waals surface area contributed by atoms with Crippen molar-refractivity contribution in [2.75, 3.05) is 13.1 Å². The molecule has 0 unspecified atom stereocenters. The van der Waals surface area contributed by atoms with Gasteiger partial charge >= 0.3 is 6.03 Å². The molecular weight excluding hydrogens is 244 g/mol. The lowest BCUT2D eigenvalue weighted by Crippen LogP contribution is -2.41. The highest BCUT2D eigenvalue weighted by Gasteiger charge is 2.28. The Kier molecular flexibility index (Phi) is 4.64. The van der Waals surface area contributed by atoms with E-state index in [9.17, 15) is 4.79 Å². The van der Waals surface area contributed by atoms with Crippen LogP contribution in [0.5, 0.6) is 0 Å². The summed E-state index contributed by atoms with van der Waals surface area (Å²) in [7, 11) is 0. The standard InChI is InChI=1S/C14H22N2OS/c1-14(7-2-3-8-14)11-16-13(17)15-9-6-12-5-4-10-18-12/h4-5,10H,2-3,6-9,11H2,1H3,(H2,15,16,17). The quantitative estimate of drug-likeness (QED) is 0.844. The first-order valence-corrected chi connectivity index (χ1v) is 7.60. The van der Waals surface area contributed by atoms with Crippen molar-refractivity contribution in [2.45, 2.75) is 39.0 Å². The van der Waals surface area contributed by atoms with Crippen molar-refractivity contribution in [1.29, 1.82) is 0 Å². The van der Waals surface area contributed by atoms with E-state index in [1.54, 1.807) is 11.3 Å². The molecule has 1 aliphatic carbocycles. The van der Waals surface area contributed by atoms with Crippen molar-refractivity contribution in [3.05, 3.63) is 22.4 Å². The van der Waals surface area contributed by atoms with E-state index in [4.69, 9.17) is 0 Å². The maximum Gasteiger partial charge on any atom is 0.314 e. The third kappa shape index (κ3) is 4.02. The maximum absolute atomic E-state index is 11.7. The fraction of sp³-hybridized carbons (Fsp3) is 0.643. The van der Waals surface area contributed by atoms with Crippen LogP contribution in [0.1, 0.15) is 37.5 Å². The lowest BCUT2D eigenvalue weighted by molar-refractivity contribution is 0.232. The monoisotopic (exact) mass is 266 g/mol.